The van der Waals surface area contributed by atoms with Crippen molar-refractivity contribution in [1.82, 2.24) is 24.2 Å². The molecule has 2 aromatic heterocycles. The molecule has 0 saturated heterocycles. The fraction of sp³-hybridized carbons (Fsp3) is 0.316. The largest absolute Gasteiger partial charge is 0.364 e. The number of hydrogen-bond acceptors (Lipinski definition) is 8. The van der Waals surface area contributed by atoms with Gasteiger partial charge in [0.05, 0.1) is 24.0 Å². The van der Waals surface area contributed by atoms with Crippen LogP contribution in [0.2, 0.25) is 0 Å². The standard InChI is InChI=1S/C19H22N6O3S2/c1-28-13-25-16-9-14(3-4-17(16)29-19-18(25)20-7-8-21-19)10-24-11-15(22-12-24)5-6-23-30(2,26)27/h3-4,7-9,11-12,23H,5-6,10,13H2,1-2H3. The van der Waals surface area contributed by atoms with Crippen molar-refractivity contribution in [2.24, 2.45) is 0 Å². The number of anilines is 2. The number of ether oxygens (including phenoxy) is 1. The fourth-order valence-electron chi connectivity index (χ4n) is 3.21. The van der Waals surface area contributed by atoms with Gasteiger partial charge in [-0.2, -0.15) is 0 Å². The van der Waals surface area contributed by atoms with E-state index in [1.807, 2.05) is 15.7 Å². The van der Waals surface area contributed by atoms with Crippen LogP contribution in [0, 0.1) is 0 Å². The molecule has 4 rings (SSSR count). The van der Waals surface area contributed by atoms with Gasteiger partial charge in [-0.15, -0.1) is 0 Å². The van der Waals surface area contributed by atoms with E-state index in [2.05, 4.69) is 37.9 Å². The van der Waals surface area contributed by atoms with Gasteiger partial charge in [-0.05, 0) is 17.7 Å². The smallest absolute Gasteiger partial charge is 0.208 e. The average Bonchev–Trinajstić information content (AvgIpc) is 3.14. The average molecular weight is 447 g/mol. The van der Waals surface area contributed by atoms with Gasteiger partial charge in [0.15, 0.2) is 5.82 Å². The molecule has 1 aliphatic rings. The molecule has 0 aliphatic carbocycles. The lowest BCUT2D eigenvalue weighted by atomic mass is 10.2. The normalized spacial score (nSPS) is 13.2. The van der Waals surface area contributed by atoms with Crippen LogP contribution in [0.1, 0.15) is 11.3 Å². The molecule has 0 atom stereocenters. The first kappa shape index (κ1) is 20.8. The van der Waals surface area contributed by atoms with E-state index < -0.39 is 10.0 Å². The van der Waals surface area contributed by atoms with Crippen LogP contribution in [0.5, 0.6) is 0 Å². The Balaban J connectivity index is 1.51. The first-order chi connectivity index (χ1) is 14.4. The minimum absolute atomic E-state index is 0.332. The summed E-state index contributed by atoms with van der Waals surface area (Å²) < 4.78 is 32.2. The second-order valence-electron chi connectivity index (χ2n) is 6.89. The van der Waals surface area contributed by atoms with E-state index in [4.69, 9.17) is 4.74 Å². The third-order valence-corrected chi connectivity index (χ3v) is 6.25. The Morgan fingerprint density at radius 1 is 1.20 bits per heavy atom. The highest BCUT2D eigenvalue weighted by atomic mass is 32.2. The number of nitrogens with zero attached hydrogens (tertiary/aromatic N) is 5. The Hall–Kier alpha value is -2.47. The van der Waals surface area contributed by atoms with Crippen molar-refractivity contribution in [3.8, 4) is 0 Å². The molecule has 0 saturated carbocycles. The van der Waals surface area contributed by atoms with Gasteiger partial charge < -0.3 is 9.30 Å². The summed E-state index contributed by atoms with van der Waals surface area (Å²) in [5, 5.41) is 0.858. The summed E-state index contributed by atoms with van der Waals surface area (Å²) in [6, 6.07) is 6.30. The van der Waals surface area contributed by atoms with E-state index in [0.29, 0.717) is 26.2 Å². The SMILES string of the molecule is COCN1c2cc(Cn3cnc(CCNS(C)(=O)=O)c3)ccc2Sc2nccnc21. The zero-order valence-corrected chi connectivity index (χ0v) is 18.3. The van der Waals surface area contributed by atoms with Crippen LogP contribution >= 0.6 is 11.8 Å². The summed E-state index contributed by atoms with van der Waals surface area (Å²) in [5.74, 6) is 0.789. The van der Waals surface area contributed by atoms with Crippen LogP contribution in [-0.4, -0.2) is 54.6 Å². The molecule has 1 aromatic carbocycles. The molecule has 3 heterocycles. The molecule has 0 unspecified atom stereocenters. The molecule has 0 radical (unpaired) electrons. The van der Waals surface area contributed by atoms with Gasteiger partial charge in [0.2, 0.25) is 10.0 Å². The lowest BCUT2D eigenvalue weighted by Crippen LogP contribution is -2.24. The molecular weight excluding hydrogens is 424 g/mol. The van der Waals surface area contributed by atoms with E-state index >= 15 is 0 Å². The number of hydrogen-bond donors (Lipinski definition) is 1. The van der Waals surface area contributed by atoms with E-state index in [1.54, 1.807) is 37.6 Å². The molecule has 158 valence electrons. The Morgan fingerprint density at radius 3 is 2.83 bits per heavy atom. The maximum absolute atomic E-state index is 11.2. The zero-order chi connectivity index (χ0) is 21.1. The minimum atomic E-state index is -3.19. The molecule has 0 fully saturated rings. The molecule has 0 amide bonds. The molecule has 9 nitrogen and oxygen atoms in total. The lowest BCUT2D eigenvalue weighted by molar-refractivity contribution is 0.204. The number of benzene rings is 1. The van der Waals surface area contributed by atoms with Crippen molar-refractivity contribution < 1.29 is 13.2 Å². The predicted molar refractivity (Wildman–Crippen MR) is 114 cm³/mol. The van der Waals surface area contributed by atoms with Crippen molar-refractivity contribution in [3.63, 3.8) is 0 Å². The molecule has 0 spiro atoms. The second kappa shape index (κ2) is 8.72. The summed E-state index contributed by atoms with van der Waals surface area (Å²) in [7, 11) is -1.53. The maximum atomic E-state index is 11.2. The van der Waals surface area contributed by atoms with E-state index in [9.17, 15) is 8.42 Å². The summed E-state index contributed by atoms with van der Waals surface area (Å²) in [6.07, 6.45) is 8.76. The molecule has 1 aliphatic heterocycles. The summed E-state index contributed by atoms with van der Waals surface area (Å²) in [5.41, 5.74) is 2.98. The van der Waals surface area contributed by atoms with Crippen LogP contribution in [0.4, 0.5) is 11.5 Å². The Kier molecular flexibility index (Phi) is 6.04. The third kappa shape index (κ3) is 4.81. The van der Waals surface area contributed by atoms with Crippen molar-refractivity contribution in [3.05, 3.63) is 54.4 Å². The number of fused-ring (bicyclic) bond motifs is 2. The molecule has 3 aromatic rings. The van der Waals surface area contributed by atoms with Gasteiger partial charge in [-0.3, -0.25) is 4.90 Å². The van der Waals surface area contributed by atoms with Crippen LogP contribution in [0.3, 0.4) is 0 Å². The summed E-state index contributed by atoms with van der Waals surface area (Å²) in [6.45, 7) is 1.36. The van der Waals surface area contributed by atoms with Crippen LogP contribution in [-0.2, 0) is 27.7 Å². The van der Waals surface area contributed by atoms with Gasteiger partial charge in [-0.25, -0.2) is 28.1 Å². The number of sulfonamides is 1. The van der Waals surface area contributed by atoms with Crippen molar-refractivity contribution >= 4 is 33.3 Å². The Labute approximate surface area is 179 Å². The van der Waals surface area contributed by atoms with E-state index in [-0.39, 0.29) is 0 Å². The molecule has 30 heavy (non-hydrogen) atoms. The maximum Gasteiger partial charge on any atom is 0.208 e. The van der Waals surface area contributed by atoms with E-state index in [0.717, 1.165) is 38.9 Å². The molecule has 11 heteroatoms. The van der Waals surface area contributed by atoms with Crippen molar-refractivity contribution in [2.75, 3.05) is 31.5 Å². The summed E-state index contributed by atoms with van der Waals surface area (Å²) in [4.78, 5) is 16.4. The molecule has 0 bridgehead atoms. The van der Waals surface area contributed by atoms with Crippen LogP contribution < -0.4 is 9.62 Å². The number of imidazole rings is 1. The zero-order valence-electron chi connectivity index (χ0n) is 16.6. The number of rotatable bonds is 8. The van der Waals surface area contributed by atoms with Gasteiger partial charge in [0.1, 0.15) is 11.8 Å². The van der Waals surface area contributed by atoms with Crippen molar-refractivity contribution in [1.29, 1.82) is 0 Å². The van der Waals surface area contributed by atoms with Crippen molar-refractivity contribution in [2.45, 2.75) is 22.9 Å². The quantitative estimate of drug-likeness (QED) is 0.561. The van der Waals surface area contributed by atoms with Gasteiger partial charge in [0, 0.05) is 50.1 Å². The molecular formula is C19H22N6O3S2. The van der Waals surface area contributed by atoms with Crippen LogP contribution in [0.15, 0.2) is 53.0 Å². The number of methoxy groups -OCH3 is 1. The monoisotopic (exact) mass is 446 g/mol. The van der Waals surface area contributed by atoms with Gasteiger partial charge >= 0.3 is 0 Å². The van der Waals surface area contributed by atoms with E-state index in [1.165, 1.54) is 0 Å². The minimum Gasteiger partial charge on any atom is -0.364 e. The van der Waals surface area contributed by atoms with Gasteiger partial charge in [0.25, 0.3) is 0 Å². The topological polar surface area (TPSA) is 102 Å². The lowest BCUT2D eigenvalue weighted by Gasteiger charge is -2.30. The third-order valence-electron chi connectivity index (χ3n) is 4.48. The number of nitrogens with one attached hydrogen (secondary N) is 1. The Morgan fingerprint density at radius 2 is 2.03 bits per heavy atom. The first-order valence-electron chi connectivity index (χ1n) is 9.26. The highest BCUT2D eigenvalue weighted by Crippen LogP contribution is 2.46. The van der Waals surface area contributed by atoms with Gasteiger partial charge in [-0.1, -0.05) is 17.8 Å². The summed E-state index contributed by atoms with van der Waals surface area (Å²) >= 11 is 1.60. The second-order valence-corrected chi connectivity index (χ2v) is 9.75. The molecule has 1 N–H and O–H groups in total. The fourth-order valence-corrected chi connectivity index (χ4v) is 4.67. The first-order valence-corrected chi connectivity index (χ1v) is 12.0. The number of aromatic nitrogens is 4. The predicted octanol–water partition coefficient (Wildman–Crippen LogP) is 2.02. The highest BCUT2D eigenvalue weighted by Gasteiger charge is 2.25. The Bertz CT molecular complexity index is 1150. The van der Waals surface area contributed by atoms with Crippen LogP contribution in [0.25, 0.3) is 0 Å². The highest BCUT2D eigenvalue weighted by molar-refractivity contribution is 7.99.